The van der Waals surface area contributed by atoms with Gasteiger partial charge in [0.25, 0.3) is 0 Å². The molecule has 0 aliphatic heterocycles. The zero-order valence-electron chi connectivity index (χ0n) is 10.1. The molecule has 1 aliphatic rings. The van der Waals surface area contributed by atoms with Gasteiger partial charge >= 0.3 is 5.97 Å². The topological polar surface area (TPSA) is 79.5 Å². The maximum atomic E-state index is 11.9. The second-order valence-corrected chi connectivity index (χ2v) is 4.70. The number of furan rings is 1. The molecular formula is C13H17NO4. The molecule has 0 bridgehead atoms. The van der Waals surface area contributed by atoms with Gasteiger partial charge in [0, 0.05) is 5.92 Å². The van der Waals surface area contributed by atoms with Crippen LogP contribution in [0.3, 0.4) is 0 Å². The van der Waals surface area contributed by atoms with Crippen LogP contribution in [0.2, 0.25) is 0 Å². The number of carbonyl (C=O) groups excluding carboxylic acids is 1. The molecule has 98 valence electrons. The van der Waals surface area contributed by atoms with Gasteiger partial charge in [-0.3, -0.25) is 9.59 Å². The first-order valence-corrected chi connectivity index (χ1v) is 6.19. The zero-order valence-corrected chi connectivity index (χ0v) is 10.1. The summed E-state index contributed by atoms with van der Waals surface area (Å²) in [5.41, 5.74) is 0. The van der Waals surface area contributed by atoms with Crippen molar-refractivity contribution >= 4 is 11.9 Å². The number of carbonyl (C=O) groups is 2. The van der Waals surface area contributed by atoms with Crippen molar-refractivity contribution in [2.24, 2.45) is 11.8 Å². The average molecular weight is 251 g/mol. The quantitative estimate of drug-likeness (QED) is 0.855. The number of amides is 1. The lowest BCUT2D eigenvalue weighted by Gasteiger charge is -2.25. The molecule has 0 saturated heterocycles. The number of carboxylic acid groups (broad SMARTS) is 1. The Morgan fingerprint density at radius 1 is 1.39 bits per heavy atom. The summed E-state index contributed by atoms with van der Waals surface area (Å²) < 4.78 is 5.12. The van der Waals surface area contributed by atoms with E-state index in [0.29, 0.717) is 25.1 Å². The molecule has 0 unspecified atom stereocenters. The van der Waals surface area contributed by atoms with E-state index >= 15 is 0 Å². The first-order valence-electron chi connectivity index (χ1n) is 6.19. The Morgan fingerprint density at radius 3 is 2.83 bits per heavy atom. The number of rotatable bonds is 4. The molecule has 5 heteroatoms. The Hall–Kier alpha value is -1.78. The van der Waals surface area contributed by atoms with Crippen LogP contribution in [0.5, 0.6) is 0 Å². The summed E-state index contributed by atoms with van der Waals surface area (Å²) in [5.74, 6) is -0.724. The molecule has 0 aromatic carbocycles. The van der Waals surface area contributed by atoms with Crippen LogP contribution in [0.1, 0.15) is 31.4 Å². The van der Waals surface area contributed by atoms with E-state index in [9.17, 15) is 9.59 Å². The highest BCUT2D eigenvalue weighted by Crippen LogP contribution is 2.29. The second kappa shape index (κ2) is 5.71. The molecule has 5 nitrogen and oxygen atoms in total. The van der Waals surface area contributed by atoms with Crippen molar-refractivity contribution in [2.45, 2.75) is 32.2 Å². The molecule has 2 rings (SSSR count). The minimum Gasteiger partial charge on any atom is -0.481 e. The Kier molecular flexibility index (Phi) is 4.02. The van der Waals surface area contributed by atoms with E-state index in [2.05, 4.69) is 5.32 Å². The SMILES string of the molecule is O=C(O)[C@H]1CCC[C@@H](C(=O)NCc2ccco2)C1. The first-order chi connectivity index (χ1) is 8.66. The summed E-state index contributed by atoms with van der Waals surface area (Å²) in [5, 5.41) is 11.8. The van der Waals surface area contributed by atoms with E-state index in [1.165, 1.54) is 0 Å². The molecule has 0 radical (unpaired) electrons. The van der Waals surface area contributed by atoms with Gasteiger partial charge in [-0.25, -0.2) is 0 Å². The van der Waals surface area contributed by atoms with E-state index in [0.717, 1.165) is 12.8 Å². The fourth-order valence-electron chi connectivity index (χ4n) is 2.38. The molecule has 1 heterocycles. The Balaban J connectivity index is 1.83. The van der Waals surface area contributed by atoms with Gasteiger partial charge in [0.1, 0.15) is 5.76 Å². The normalized spacial score (nSPS) is 23.6. The molecule has 1 aliphatic carbocycles. The molecule has 2 atom stereocenters. The summed E-state index contributed by atoms with van der Waals surface area (Å²) in [4.78, 5) is 22.8. The van der Waals surface area contributed by atoms with Crippen molar-refractivity contribution in [3.8, 4) is 0 Å². The molecule has 0 spiro atoms. The van der Waals surface area contributed by atoms with Crippen molar-refractivity contribution < 1.29 is 19.1 Å². The highest BCUT2D eigenvalue weighted by atomic mass is 16.4. The third kappa shape index (κ3) is 3.12. The Labute approximate surface area is 105 Å². The standard InChI is InChI=1S/C13H17NO4/c15-12(14-8-11-5-2-6-18-11)9-3-1-4-10(7-9)13(16)17/h2,5-6,9-10H,1,3-4,7-8H2,(H,14,15)(H,16,17)/t9-,10+/m1/s1. The Morgan fingerprint density at radius 2 is 2.17 bits per heavy atom. The number of aliphatic carboxylic acids is 1. The molecule has 1 amide bonds. The lowest BCUT2D eigenvalue weighted by molar-refractivity contribution is -0.144. The lowest BCUT2D eigenvalue weighted by atomic mass is 9.81. The number of carboxylic acids is 1. The molecular weight excluding hydrogens is 234 g/mol. The summed E-state index contributed by atoms with van der Waals surface area (Å²) in [6.07, 6.45) is 4.25. The van der Waals surface area contributed by atoms with Gasteiger partial charge in [0.05, 0.1) is 18.7 Å². The molecule has 2 N–H and O–H groups in total. The van der Waals surface area contributed by atoms with Crippen LogP contribution < -0.4 is 5.32 Å². The Bertz CT molecular complexity index is 413. The zero-order chi connectivity index (χ0) is 13.0. The minimum absolute atomic E-state index is 0.0719. The van der Waals surface area contributed by atoms with Gasteiger partial charge in [-0.05, 0) is 31.4 Å². The van der Waals surface area contributed by atoms with Crippen molar-refractivity contribution in [1.29, 1.82) is 0 Å². The minimum atomic E-state index is -0.793. The van der Waals surface area contributed by atoms with Gasteiger partial charge in [-0.1, -0.05) is 6.42 Å². The van der Waals surface area contributed by atoms with E-state index < -0.39 is 5.97 Å². The van der Waals surface area contributed by atoms with Crippen LogP contribution >= 0.6 is 0 Å². The fraction of sp³-hybridized carbons (Fsp3) is 0.538. The monoisotopic (exact) mass is 251 g/mol. The van der Waals surface area contributed by atoms with Crippen molar-refractivity contribution in [1.82, 2.24) is 5.32 Å². The number of hydrogen-bond donors (Lipinski definition) is 2. The summed E-state index contributed by atoms with van der Waals surface area (Å²) in [6, 6.07) is 3.56. The maximum Gasteiger partial charge on any atom is 0.306 e. The highest BCUT2D eigenvalue weighted by molar-refractivity contribution is 5.80. The summed E-state index contributed by atoms with van der Waals surface area (Å²) in [7, 11) is 0. The highest BCUT2D eigenvalue weighted by Gasteiger charge is 2.30. The van der Waals surface area contributed by atoms with Gasteiger partial charge in [-0.2, -0.15) is 0 Å². The molecule has 1 fully saturated rings. The number of nitrogens with one attached hydrogen (secondary N) is 1. The summed E-state index contributed by atoms with van der Waals surface area (Å²) >= 11 is 0. The van der Waals surface area contributed by atoms with Gasteiger partial charge in [-0.15, -0.1) is 0 Å². The van der Waals surface area contributed by atoms with Crippen LogP contribution in [-0.4, -0.2) is 17.0 Å². The van der Waals surface area contributed by atoms with Crippen molar-refractivity contribution in [3.05, 3.63) is 24.2 Å². The van der Waals surface area contributed by atoms with E-state index in [1.54, 1.807) is 18.4 Å². The fourth-order valence-corrected chi connectivity index (χ4v) is 2.38. The third-order valence-corrected chi connectivity index (χ3v) is 3.41. The van der Waals surface area contributed by atoms with Crippen LogP contribution in [0, 0.1) is 11.8 Å². The molecule has 1 saturated carbocycles. The van der Waals surface area contributed by atoms with E-state index in [4.69, 9.17) is 9.52 Å². The second-order valence-electron chi connectivity index (χ2n) is 4.70. The summed E-state index contributed by atoms with van der Waals surface area (Å²) in [6.45, 7) is 0.361. The van der Waals surface area contributed by atoms with Gasteiger partial charge in [0.15, 0.2) is 0 Å². The van der Waals surface area contributed by atoms with Crippen molar-refractivity contribution in [3.63, 3.8) is 0 Å². The smallest absolute Gasteiger partial charge is 0.306 e. The van der Waals surface area contributed by atoms with Crippen LogP contribution in [-0.2, 0) is 16.1 Å². The maximum absolute atomic E-state index is 11.9. The number of hydrogen-bond acceptors (Lipinski definition) is 3. The van der Waals surface area contributed by atoms with E-state index in [-0.39, 0.29) is 17.7 Å². The van der Waals surface area contributed by atoms with E-state index in [1.807, 2.05) is 0 Å². The van der Waals surface area contributed by atoms with Crippen LogP contribution in [0.4, 0.5) is 0 Å². The van der Waals surface area contributed by atoms with Crippen LogP contribution in [0.25, 0.3) is 0 Å². The first kappa shape index (κ1) is 12.7. The average Bonchev–Trinajstić information content (AvgIpc) is 2.89. The van der Waals surface area contributed by atoms with Crippen LogP contribution in [0.15, 0.2) is 22.8 Å². The van der Waals surface area contributed by atoms with Gasteiger partial charge in [0.2, 0.25) is 5.91 Å². The largest absolute Gasteiger partial charge is 0.481 e. The van der Waals surface area contributed by atoms with Gasteiger partial charge < -0.3 is 14.8 Å². The lowest BCUT2D eigenvalue weighted by Crippen LogP contribution is -2.35. The molecule has 18 heavy (non-hydrogen) atoms. The third-order valence-electron chi connectivity index (χ3n) is 3.41. The predicted molar refractivity (Wildman–Crippen MR) is 63.6 cm³/mol. The molecule has 1 aromatic heterocycles. The molecule has 1 aromatic rings. The predicted octanol–water partition coefficient (Wildman–Crippen LogP) is 1.79. The van der Waals surface area contributed by atoms with Crippen molar-refractivity contribution in [2.75, 3.05) is 0 Å².